The van der Waals surface area contributed by atoms with Gasteiger partial charge in [-0.05, 0) is 48.8 Å². The summed E-state index contributed by atoms with van der Waals surface area (Å²) in [5.41, 5.74) is 5.25. The molecule has 4 aromatic rings. The molecule has 0 unspecified atom stereocenters. The maximum atomic E-state index is 13.1. The number of nitriles is 1. The van der Waals surface area contributed by atoms with Crippen LogP contribution in [0.5, 0.6) is 5.88 Å². The number of anilines is 1. The van der Waals surface area contributed by atoms with Crippen LogP contribution in [-0.2, 0) is 32.6 Å². The van der Waals surface area contributed by atoms with Gasteiger partial charge < -0.3 is 14.6 Å². The number of benzene rings is 1. The van der Waals surface area contributed by atoms with Gasteiger partial charge in [0.1, 0.15) is 24.0 Å². The second-order valence-electron chi connectivity index (χ2n) is 10.1. The summed E-state index contributed by atoms with van der Waals surface area (Å²) in [6, 6.07) is 9.62. The van der Waals surface area contributed by atoms with E-state index < -0.39 is 11.9 Å². The van der Waals surface area contributed by atoms with Crippen LogP contribution in [0.25, 0.3) is 22.6 Å². The first-order chi connectivity index (χ1) is 19.3. The summed E-state index contributed by atoms with van der Waals surface area (Å²) in [5.74, 6) is 1.66. The molecule has 11 heteroatoms. The van der Waals surface area contributed by atoms with Crippen molar-refractivity contribution >= 4 is 5.82 Å². The molecule has 0 atom stereocenters. The topological polar surface area (TPSA) is 102 Å². The average Bonchev–Trinajstić information content (AvgIpc) is 3.54. The zero-order valence-electron chi connectivity index (χ0n) is 22.0. The van der Waals surface area contributed by atoms with Gasteiger partial charge in [-0.25, -0.2) is 19.9 Å². The largest absolute Gasteiger partial charge is 0.480 e. The molecule has 2 aliphatic rings. The van der Waals surface area contributed by atoms with Crippen molar-refractivity contribution in [2.75, 3.05) is 12.4 Å². The Balaban J connectivity index is 1.32. The third-order valence-corrected chi connectivity index (χ3v) is 7.45. The van der Waals surface area contributed by atoms with E-state index in [1.54, 1.807) is 26.3 Å². The highest BCUT2D eigenvalue weighted by atomic mass is 19.4. The minimum Gasteiger partial charge on any atom is -0.480 e. The van der Waals surface area contributed by atoms with E-state index >= 15 is 0 Å². The lowest BCUT2D eigenvalue weighted by Crippen LogP contribution is -2.09. The van der Waals surface area contributed by atoms with Gasteiger partial charge in [0.25, 0.3) is 0 Å². The predicted octanol–water partition coefficient (Wildman–Crippen LogP) is 5.82. The predicted molar refractivity (Wildman–Crippen MR) is 142 cm³/mol. The number of hydrogen-bond acceptors (Lipinski definition) is 7. The van der Waals surface area contributed by atoms with Crippen LogP contribution in [0, 0.1) is 11.3 Å². The maximum absolute atomic E-state index is 13.1. The lowest BCUT2D eigenvalue weighted by Gasteiger charge is -2.18. The van der Waals surface area contributed by atoms with E-state index in [2.05, 4.69) is 26.3 Å². The zero-order chi connectivity index (χ0) is 28.0. The molecule has 1 fully saturated rings. The zero-order valence-corrected chi connectivity index (χ0v) is 22.0. The van der Waals surface area contributed by atoms with E-state index in [1.165, 1.54) is 10.9 Å². The maximum Gasteiger partial charge on any atom is 0.434 e. The van der Waals surface area contributed by atoms with Gasteiger partial charge in [0.2, 0.25) is 5.88 Å². The second-order valence-corrected chi connectivity index (χ2v) is 10.1. The molecule has 3 heterocycles. The molecule has 0 amide bonds. The SMILES string of the molecule is COc1ncnc(C2CC2)c1-c1nc(NCc2ccc(-c3nc(C(F)(F)F)cn3C)cc2)c2c(c1C#N)CCC2. The van der Waals surface area contributed by atoms with Crippen LogP contribution in [0.4, 0.5) is 19.0 Å². The number of nitrogens with zero attached hydrogens (tertiary/aromatic N) is 6. The van der Waals surface area contributed by atoms with Crippen molar-refractivity contribution in [1.82, 2.24) is 24.5 Å². The van der Waals surface area contributed by atoms with Crippen molar-refractivity contribution < 1.29 is 17.9 Å². The minimum absolute atomic E-state index is 0.244. The molecule has 2 aliphatic carbocycles. The first-order valence-electron chi connectivity index (χ1n) is 13.1. The van der Waals surface area contributed by atoms with Crippen LogP contribution in [0.15, 0.2) is 36.8 Å². The highest BCUT2D eigenvalue weighted by Crippen LogP contribution is 2.47. The van der Waals surface area contributed by atoms with E-state index in [9.17, 15) is 18.4 Å². The molecular formula is C29H26F3N7O. The Morgan fingerprint density at radius 1 is 1.10 bits per heavy atom. The molecule has 0 spiro atoms. The van der Waals surface area contributed by atoms with Crippen molar-refractivity contribution in [3.8, 4) is 34.6 Å². The highest BCUT2D eigenvalue weighted by molar-refractivity contribution is 5.78. The van der Waals surface area contributed by atoms with Gasteiger partial charge in [0, 0.05) is 31.3 Å². The van der Waals surface area contributed by atoms with Crippen molar-refractivity contribution in [1.29, 1.82) is 5.26 Å². The van der Waals surface area contributed by atoms with Crippen molar-refractivity contribution in [3.05, 3.63) is 70.4 Å². The number of ether oxygens (including phenoxy) is 1. The third kappa shape index (κ3) is 4.63. The molecule has 6 rings (SSSR count). The summed E-state index contributed by atoms with van der Waals surface area (Å²) in [4.78, 5) is 17.6. The van der Waals surface area contributed by atoms with Crippen LogP contribution >= 0.6 is 0 Å². The van der Waals surface area contributed by atoms with Gasteiger partial charge in [-0.2, -0.15) is 18.4 Å². The fraction of sp³-hybridized carbons (Fsp3) is 0.345. The summed E-state index contributed by atoms with van der Waals surface area (Å²) in [6.07, 6.45) is 2.57. The Morgan fingerprint density at radius 3 is 2.50 bits per heavy atom. The normalized spacial score (nSPS) is 14.6. The molecule has 0 aliphatic heterocycles. The number of aromatic nitrogens is 5. The van der Waals surface area contributed by atoms with Crippen molar-refractivity contribution in [3.63, 3.8) is 0 Å². The van der Waals surface area contributed by atoms with Gasteiger partial charge in [0.05, 0.1) is 29.6 Å². The van der Waals surface area contributed by atoms with Gasteiger partial charge in [-0.3, -0.25) is 0 Å². The van der Waals surface area contributed by atoms with Crippen LogP contribution < -0.4 is 10.1 Å². The minimum atomic E-state index is -4.50. The molecule has 0 bridgehead atoms. The smallest absolute Gasteiger partial charge is 0.434 e. The first kappa shape index (κ1) is 25.8. The molecule has 204 valence electrons. The molecular weight excluding hydrogens is 519 g/mol. The van der Waals surface area contributed by atoms with Crippen LogP contribution in [0.3, 0.4) is 0 Å². The summed E-state index contributed by atoms with van der Waals surface area (Å²) < 4.78 is 46.2. The number of imidazole rings is 1. The number of hydrogen-bond donors (Lipinski definition) is 1. The lowest BCUT2D eigenvalue weighted by molar-refractivity contribution is -0.140. The molecule has 1 saturated carbocycles. The van der Waals surface area contributed by atoms with Gasteiger partial charge in [-0.15, -0.1) is 0 Å². The Morgan fingerprint density at radius 2 is 1.85 bits per heavy atom. The summed E-state index contributed by atoms with van der Waals surface area (Å²) in [6.45, 7) is 0.442. The second kappa shape index (κ2) is 9.93. The number of aryl methyl sites for hydroxylation is 1. The average molecular weight is 546 g/mol. The van der Waals surface area contributed by atoms with E-state index in [-0.39, 0.29) is 5.82 Å². The molecule has 0 radical (unpaired) electrons. The molecule has 1 aromatic carbocycles. The van der Waals surface area contributed by atoms with E-state index in [0.29, 0.717) is 46.5 Å². The van der Waals surface area contributed by atoms with Crippen molar-refractivity contribution in [2.24, 2.45) is 7.05 Å². The number of rotatable bonds is 7. The number of fused-ring (bicyclic) bond motifs is 1. The van der Waals surface area contributed by atoms with Gasteiger partial charge >= 0.3 is 6.18 Å². The standard InChI is InChI=1S/C29H26F3N7O/c1-39-14-22(29(30,31)32)37-27(39)18-8-6-16(7-9-18)13-34-26-20-5-3-4-19(20)21(12-33)25(38-26)23-24(17-10-11-17)35-15-36-28(23)40-2/h6-9,14-15,17H,3-5,10-11,13H2,1-2H3,(H,34,38). The molecule has 3 aromatic heterocycles. The quantitative estimate of drug-likeness (QED) is 0.312. The fourth-order valence-electron chi connectivity index (χ4n) is 5.36. The monoisotopic (exact) mass is 545 g/mol. The Kier molecular flexibility index (Phi) is 6.41. The van der Waals surface area contributed by atoms with E-state index in [0.717, 1.165) is 60.7 Å². The molecule has 0 saturated heterocycles. The van der Waals surface area contributed by atoms with E-state index in [4.69, 9.17) is 9.72 Å². The van der Waals surface area contributed by atoms with Crippen LogP contribution in [0.1, 0.15) is 58.8 Å². The number of pyridine rings is 1. The van der Waals surface area contributed by atoms with Gasteiger partial charge in [-0.1, -0.05) is 24.3 Å². The van der Waals surface area contributed by atoms with Crippen LogP contribution in [-0.4, -0.2) is 31.6 Å². The summed E-state index contributed by atoms with van der Waals surface area (Å²) in [5, 5.41) is 13.6. The summed E-state index contributed by atoms with van der Waals surface area (Å²) in [7, 11) is 3.10. The third-order valence-electron chi connectivity index (χ3n) is 7.45. The van der Waals surface area contributed by atoms with Crippen molar-refractivity contribution in [2.45, 2.75) is 50.7 Å². The molecule has 8 nitrogen and oxygen atoms in total. The van der Waals surface area contributed by atoms with Crippen LogP contribution in [0.2, 0.25) is 0 Å². The number of halogens is 3. The number of methoxy groups -OCH3 is 1. The summed E-state index contributed by atoms with van der Waals surface area (Å²) >= 11 is 0. The Labute approximate surface area is 228 Å². The highest BCUT2D eigenvalue weighted by Gasteiger charge is 2.35. The van der Waals surface area contributed by atoms with Gasteiger partial charge in [0.15, 0.2) is 5.69 Å². The Hall–Kier alpha value is -4.46. The first-order valence-corrected chi connectivity index (χ1v) is 13.1. The number of alkyl halides is 3. The number of nitrogens with one attached hydrogen (secondary N) is 1. The lowest BCUT2D eigenvalue weighted by atomic mass is 9.97. The van der Waals surface area contributed by atoms with E-state index in [1.807, 2.05) is 12.1 Å². The Bertz CT molecular complexity index is 1630. The molecule has 1 N–H and O–H groups in total. The fourth-order valence-corrected chi connectivity index (χ4v) is 5.36. The molecule has 40 heavy (non-hydrogen) atoms.